The molecule has 0 aromatic heterocycles. The Morgan fingerprint density at radius 3 is 2.35 bits per heavy atom. The highest BCUT2D eigenvalue weighted by Gasteiger charge is 2.33. The van der Waals surface area contributed by atoms with Crippen LogP contribution in [0.3, 0.4) is 0 Å². The molecule has 1 aromatic carbocycles. The van der Waals surface area contributed by atoms with Gasteiger partial charge in [0.1, 0.15) is 0 Å². The van der Waals surface area contributed by atoms with E-state index in [0.717, 1.165) is 19.4 Å². The van der Waals surface area contributed by atoms with Gasteiger partial charge in [-0.2, -0.15) is 4.31 Å². The Morgan fingerprint density at radius 1 is 1.15 bits per heavy atom. The average Bonchev–Trinajstić information content (AvgIpc) is 2.61. The van der Waals surface area contributed by atoms with Crippen LogP contribution in [-0.2, 0) is 14.8 Å². The molecule has 1 amide bonds. The summed E-state index contributed by atoms with van der Waals surface area (Å²) in [7, 11) is -3.53. The second kappa shape index (κ2) is 8.89. The lowest BCUT2D eigenvalue weighted by atomic mass is 9.92. The number of piperidine rings is 1. The number of nitrogens with zero attached hydrogens (tertiary/aromatic N) is 2. The first-order chi connectivity index (χ1) is 11.9. The van der Waals surface area contributed by atoms with E-state index in [4.69, 9.17) is 11.6 Å². The Labute approximate surface area is 166 Å². The summed E-state index contributed by atoms with van der Waals surface area (Å²) in [6.07, 6.45) is 1.70. The normalized spacial score (nSPS) is 24.8. The molecular weight excluding hydrogens is 397 g/mol. The number of nitrogens with one attached hydrogen (secondary N) is 1. The highest BCUT2D eigenvalue weighted by atomic mass is 35.5. The molecule has 0 saturated carbocycles. The van der Waals surface area contributed by atoms with Crippen LogP contribution in [0.1, 0.15) is 19.8 Å². The molecular formula is C17H25Cl2N3O3S. The topological polar surface area (TPSA) is 69.7 Å². The molecule has 1 aromatic rings. The summed E-state index contributed by atoms with van der Waals surface area (Å²) in [5.74, 6) is 0.215. The van der Waals surface area contributed by atoms with Gasteiger partial charge in [-0.15, -0.1) is 12.4 Å². The maximum Gasteiger partial charge on any atom is 0.243 e. The molecule has 0 radical (unpaired) electrons. The minimum Gasteiger partial charge on any atom is -0.340 e. The summed E-state index contributed by atoms with van der Waals surface area (Å²) in [5.41, 5.74) is 0. The van der Waals surface area contributed by atoms with Gasteiger partial charge < -0.3 is 10.2 Å². The number of hydrogen-bond acceptors (Lipinski definition) is 4. The predicted octanol–water partition coefficient (Wildman–Crippen LogP) is 1.98. The molecule has 2 aliphatic rings. The number of piperazine rings is 1. The van der Waals surface area contributed by atoms with Crippen molar-refractivity contribution in [3.63, 3.8) is 0 Å². The van der Waals surface area contributed by atoms with Crippen LogP contribution in [-0.4, -0.2) is 62.3 Å². The van der Waals surface area contributed by atoms with E-state index >= 15 is 0 Å². The van der Waals surface area contributed by atoms with Crippen molar-refractivity contribution >= 4 is 39.9 Å². The number of rotatable bonds is 3. The lowest BCUT2D eigenvalue weighted by molar-refractivity contribution is -0.137. The number of hydrogen-bond donors (Lipinski definition) is 1. The van der Waals surface area contributed by atoms with Crippen LogP contribution in [0.15, 0.2) is 29.2 Å². The largest absolute Gasteiger partial charge is 0.340 e. The second-order valence-corrected chi connectivity index (χ2v) is 9.13. The Morgan fingerprint density at radius 2 is 1.77 bits per heavy atom. The van der Waals surface area contributed by atoms with Crippen LogP contribution in [0.4, 0.5) is 0 Å². The van der Waals surface area contributed by atoms with Gasteiger partial charge >= 0.3 is 0 Å². The quantitative estimate of drug-likeness (QED) is 0.809. The van der Waals surface area contributed by atoms with Crippen LogP contribution >= 0.6 is 24.0 Å². The number of carbonyl (C=O) groups is 1. The van der Waals surface area contributed by atoms with Gasteiger partial charge in [-0.25, -0.2) is 8.42 Å². The zero-order chi connectivity index (χ0) is 18.0. The van der Waals surface area contributed by atoms with E-state index in [1.807, 2.05) is 4.90 Å². The Bertz CT molecular complexity index is 719. The van der Waals surface area contributed by atoms with E-state index in [2.05, 4.69) is 12.2 Å². The molecule has 0 aliphatic carbocycles. The molecule has 2 aliphatic heterocycles. The van der Waals surface area contributed by atoms with Crippen molar-refractivity contribution in [2.75, 3.05) is 32.7 Å². The number of sulfonamides is 1. The number of amides is 1. The highest BCUT2D eigenvalue weighted by molar-refractivity contribution is 7.89. The van der Waals surface area contributed by atoms with Gasteiger partial charge in [0.15, 0.2) is 0 Å². The molecule has 0 spiro atoms. The molecule has 2 saturated heterocycles. The summed E-state index contributed by atoms with van der Waals surface area (Å²) in [6.45, 7) is 4.51. The van der Waals surface area contributed by atoms with E-state index in [9.17, 15) is 13.2 Å². The van der Waals surface area contributed by atoms with E-state index < -0.39 is 10.0 Å². The first-order valence-corrected chi connectivity index (χ1v) is 10.5. The molecule has 2 heterocycles. The molecule has 2 fully saturated rings. The molecule has 146 valence electrons. The molecule has 0 bridgehead atoms. The van der Waals surface area contributed by atoms with Gasteiger partial charge in [0, 0.05) is 43.2 Å². The van der Waals surface area contributed by atoms with E-state index in [0.29, 0.717) is 37.2 Å². The van der Waals surface area contributed by atoms with Gasteiger partial charge in [0.05, 0.1) is 4.90 Å². The molecule has 1 N–H and O–H groups in total. The van der Waals surface area contributed by atoms with E-state index in [1.165, 1.54) is 16.4 Å². The smallest absolute Gasteiger partial charge is 0.243 e. The summed E-state index contributed by atoms with van der Waals surface area (Å²) in [4.78, 5) is 14.7. The van der Waals surface area contributed by atoms with Crippen LogP contribution in [0.25, 0.3) is 0 Å². The third-order valence-corrected chi connectivity index (χ3v) is 7.14. The lowest BCUT2D eigenvalue weighted by Gasteiger charge is -2.37. The second-order valence-electron chi connectivity index (χ2n) is 6.76. The van der Waals surface area contributed by atoms with Gasteiger partial charge in [-0.3, -0.25) is 4.79 Å². The van der Waals surface area contributed by atoms with Crippen molar-refractivity contribution in [1.29, 1.82) is 0 Å². The molecule has 6 nitrogen and oxygen atoms in total. The van der Waals surface area contributed by atoms with Gasteiger partial charge in [0.25, 0.3) is 0 Å². The van der Waals surface area contributed by atoms with Crippen LogP contribution < -0.4 is 5.32 Å². The van der Waals surface area contributed by atoms with Gasteiger partial charge in [-0.1, -0.05) is 11.6 Å². The first kappa shape index (κ1) is 21.4. The summed E-state index contributed by atoms with van der Waals surface area (Å²) in [5, 5.41) is 3.86. The van der Waals surface area contributed by atoms with Crippen LogP contribution in [0.2, 0.25) is 5.02 Å². The predicted molar refractivity (Wildman–Crippen MR) is 104 cm³/mol. The fourth-order valence-corrected chi connectivity index (χ4v) is 5.07. The zero-order valence-corrected chi connectivity index (χ0v) is 17.1. The van der Waals surface area contributed by atoms with Crippen molar-refractivity contribution in [2.24, 2.45) is 5.92 Å². The molecule has 9 heteroatoms. The zero-order valence-electron chi connectivity index (χ0n) is 14.7. The fourth-order valence-electron chi connectivity index (χ4n) is 3.52. The number of carbonyl (C=O) groups excluding carboxylic acids is 1. The van der Waals surface area contributed by atoms with Gasteiger partial charge in [0.2, 0.25) is 15.9 Å². The Hall–Kier alpha value is -0.860. The van der Waals surface area contributed by atoms with Crippen molar-refractivity contribution < 1.29 is 13.2 Å². The third-order valence-electron chi connectivity index (χ3n) is 4.97. The molecule has 26 heavy (non-hydrogen) atoms. The molecule has 2 atom stereocenters. The summed E-state index contributed by atoms with van der Waals surface area (Å²) < 4.78 is 26.8. The fraction of sp³-hybridized carbons (Fsp3) is 0.588. The standard InChI is InChI=1S/C17H24ClN3O3S.ClH/c1-13-12-14(6-7-19-13)17(22)20-8-10-21(11-9-20)25(23,24)16-4-2-15(18)3-5-16;/h2-5,13-14,19H,6-12H2,1H3;1H/t13-,14-;/m0./s1. The van der Waals surface area contributed by atoms with Gasteiger partial charge in [-0.05, 0) is 50.6 Å². The minimum atomic E-state index is -3.53. The lowest BCUT2D eigenvalue weighted by Crippen LogP contribution is -2.53. The monoisotopic (exact) mass is 421 g/mol. The molecule has 0 unspecified atom stereocenters. The summed E-state index contributed by atoms with van der Waals surface area (Å²) in [6, 6.07) is 6.55. The van der Waals surface area contributed by atoms with Crippen molar-refractivity contribution in [2.45, 2.75) is 30.7 Å². The minimum absolute atomic E-state index is 0. The first-order valence-electron chi connectivity index (χ1n) is 8.66. The van der Waals surface area contributed by atoms with Crippen molar-refractivity contribution in [3.05, 3.63) is 29.3 Å². The molecule has 3 rings (SSSR count). The van der Waals surface area contributed by atoms with Crippen molar-refractivity contribution in [3.8, 4) is 0 Å². The van der Waals surface area contributed by atoms with Crippen LogP contribution in [0, 0.1) is 5.92 Å². The summed E-state index contributed by atoms with van der Waals surface area (Å²) >= 11 is 5.83. The van der Waals surface area contributed by atoms with Crippen LogP contribution in [0.5, 0.6) is 0 Å². The maximum atomic E-state index is 12.7. The number of halogens is 2. The third kappa shape index (κ3) is 4.70. The Kier molecular flexibility index (Phi) is 7.33. The van der Waals surface area contributed by atoms with E-state index in [-0.39, 0.29) is 29.1 Å². The number of benzene rings is 1. The maximum absolute atomic E-state index is 12.7. The average molecular weight is 422 g/mol. The van der Waals surface area contributed by atoms with E-state index in [1.54, 1.807) is 12.1 Å². The van der Waals surface area contributed by atoms with Crippen molar-refractivity contribution in [1.82, 2.24) is 14.5 Å². The Balaban J connectivity index is 0.00000243. The SMILES string of the molecule is C[C@H]1C[C@@H](C(=O)N2CCN(S(=O)(=O)c3ccc(Cl)cc3)CC2)CCN1.Cl. The highest BCUT2D eigenvalue weighted by Crippen LogP contribution is 2.22.